The minimum absolute atomic E-state index is 0.347. The standard InChI is InChI=1S/C19H26N2O2/c1-23-16-9-5-8-15(12-16)10-11-17(20)19(22)18(21)13-14-6-3-2-4-7-14/h2-9,12,17-19,22H,10-11,13,20-21H2,1H3/t17?,18-,19+/m0/s1. The van der Waals surface area contributed by atoms with Crippen molar-refractivity contribution >= 4 is 0 Å². The second-order valence-electron chi connectivity index (χ2n) is 5.90. The first-order valence-electron chi connectivity index (χ1n) is 7.96. The van der Waals surface area contributed by atoms with E-state index in [-0.39, 0.29) is 12.1 Å². The van der Waals surface area contributed by atoms with Gasteiger partial charge in [0.15, 0.2) is 0 Å². The van der Waals surface area contributed by atoms with Gasteiger partial charge in [0, 0.05) is 12.1 Å². The van der Waals surface area contributed by atoms with Crippen molar-refractivity contribution in [1.82, 2.24) is 0 Å². The van der Waals surface area contributed by atoms with Crippen molar-refractivity contribution in [1.29, 1.82) is 0 Å². The van der Waals surface area contributed by atoms with Crippen LogP contribution in [0.2, 0.25) is 0 Å². The van der Waals surface area contributed by atoms with Crippen LogP contribution in [0.3, 0.4) is 0 Å². The van der Waals surface area contributed by atoms with Crippen molar-refractivity contribution in [3.8, 4) is 5.75 Å². The first-order valence-corrected chi connectivity index (χ1v) is 7.96. The van der Waals surface area contributed by atoms with Crippen LogP contribution in [0.5, 0.6) is 5.75 Å². The Kier molecular flexibility index (Phi) is 6.59. The summed E-state index contributed by atoms with van der Waals surface area (Å²) in [4.78, 5) is 0. The third-order valence-electron chi connectivity index (χ3n) is 4.09. The first-order chi connectivity index (χ1) is 11.1. The number of ether oxygens (including phenoxy) is 1. The molecule has 2 aromatic rings. The van der Waals surface area contributed by atoms with Gasteiger partial charge in [-0.1, -0.05) is 42.5 Å². The van der Waals surface area contributed by atoms with E-state index in [2.05, 4.69) is 0 Å². The number of methoxy groups -OCH3 is 1. The van der Waals surface area contributed by atoms with Crippen LogP contribution in [0.15, 0.2) is 54.6 Å². The van der Waals surface area contributed by atoms with Gasteiger partial charge in [-0.05, 0) is 42.5 Å². The predicted octanol–water partition coefficient (Wildman–Crippen LogP) is 1.89. The predicted molar refractivity (Wildman–Crippen MR) is 93.4 cm³/mol. The molecule has 5 N–H and O–H groups in total. The summed E-state index contributed by atoms with van der Waals surface area (Å²) >= 11 is 0. The molecule has 0 saturated carbocycles. The van der Waals surface area contributed by atoms with E-state index in [9.17, 15) is 5.11 Å². The van der Waals surface area contributed by atoms with E-state index in [1.807, 2.05) is 54.6 Å². The van der Waals surface area contributed by atoms with E-state index in [1.165, 1.54) is 0 Å². The summed E-state index contributed by atoms with van der Waals surface area (Å²) in [7, 11) is 1.65. The average Bonchev–Trinajstić information content (AvgIpc) is 2.60. The number of aliphatic hydroxyl groups excluding tert-OH is 1. The van der Waals surface area contributed by atoms with Crippen LogP contribution < -0.4 is 16.2 Å². The van der Waals surface area contributed by atoms with Gasteiger partial charge in [0.05, 0.1) is 13.2 Å². The van der Waals surface area contributed by atoms with Gasteiger partial charge in [-0.15, -0.1) is 0 Å². The largest absolute Gasteiger partial charge is 0.497 e. The SMILES string of the molecule is COc1cccc(CCC(N)[C@@H](O)[C@@H](N)Cc2ccccc2)c1. The van der Waals surface area contributed by atoms with Crippen molar-refractivity contribution in [2.45, 2.75) is 37.5 Å². The van der Waals surface area contributed by atoms with Gasteiger partial charge < -0.3 is 21.3 Å². The molecule has 0 fully saturated rings. The highest BCUT2D eigenvalue weighted by Gasteiger charge is 2.22. The number of hydrogen-bond acceptors (Lipinski definition) is 4. The summed E-state index contributed by atoms with van der Waals surface area (Å²) in [5, 5.41) is 10.4. The molecular weight excluding hydrogens is 288 g/mol. The molecule has 23 heavy (non-hydrogen) atoms. The van der Waals surface area contributed by atoms with E-state index in [4.69, 9.17) is 16.2 Å². The summed E-state index contributed by atoms with van der Waals surface area (Å²) in [6.45, 7) is 0. The second-order valence-corrected chi connectivity index (χ2v) is 5.90. The van der Waals surface area contributed by atoms with Crippen LogP contribution >= 0.6 is 0 Å². The van der Waals surface area contributed by atoms with Gasteiger partial charge in [-0.25, -0.2) is 0 Å². The van der Waals surface area contributed by atoms with Crippen molar-refractivity contribution in [2.75, 3.05) is 7.11 Å². The number of nitrogens with two attached hydrogens (primary N) is 2. The molecule has 0 aliphatic carbocycles. The number of rotatable bonds is 8. The fourth-order valence-electron chi connectivity index (χ4n) is 2.66. The first kappa shape index (κ1) is 17.5. The smallest absolute Gasteiger partial charge is 0.119 e. The highest BCUT2D eigenvalue weighted by Crippen LogP contribution is 2.15. The van der Waals surface area contributed by atoms with E-state index >= 15 is 0 Å². The van der Waals surface area contributed by atoms with Crippen LogP contribution in [0, 0.1) is 0 Å². The lowest BCUT2D eigenvalue weighted by Crippen LogP contribution is -2.48. The van der Waals surface area contributed by atoms with E-state index in [1.54, 1.807) is 7.11 Å². The molecule has 0 bridgehead atoms. The Labute approximate surface area is 138 Å². The highest BCUT2D eigenvalue weighted by atomic mass is 16.5. The third-order valence-corrected chi connectivity index (χ3v) is 4.09. The zero-order chi connectivity index (χ0) is 16.7. The molecule has 0 aliphatic rings. The lowest BCUT2D eigenvalue weighted by molar-refractivity contribution is 0.112. The van der Waals surface area contributed by atoms with Crippen LogP contribution in [-0.2, 0) is 12.8 Å². The maximum absolute atomic E-state index is 10.4. The number of aryl methyl sites for hydroxylation is 1. The fraction of sp³-hybridized carbons (Fsp3) is 0.368. The Balaban J connectivity index is 1.85. The average molecular weight is 314 g/mol. The van der Waals surface area contributed by atoms with Gasteiger partial charge in [0.1, 0.15) is 5.75 Å². The Bertz CT molecular complexity index is 589. The zero-order valence-corrected chi connectivity index (χ0v) is 13.6. The Hall–Kier alpha value is -1.88. The van der Waals surface area contributed by atoms with E-state index in [0.29, 0.717) is 12.8 Å². The molecule has 2 rings (SSSR count). The molecule has 3 atom stereocenters. The van der Waals surface area contributed by atoms with Crippen LogP contribution in [0.25, 0.3) is 0 Å². The highest BCUT2D eigenvalue weighted by molar-refractivity contribution is 5.28. The van der Waals surface area contributed by atoms with Crippen molar-refractivity contribution in [2.24, 2.45) is 11.5 Å². The Morgan fingerprint density at radius 2 is 1.65 bits per heavy atom. The third kappa shape index (κ3) is 5.36. The molecule has 0 amide bonds. The van der Waals surface area contributed by atoms with Gasteiger partial charge in [0.25, 0.3) is 0 Å². The molecule has 2 aromatic carbocycles. The monoisotopic (exact) mass is 314 g/mol. The van der Waals surface area contributed by atoms with Gasteiger partial charge in [0.2, 0.25) is 0 Å². The molecule has 4 nitrogen and oxygen atoms in total. The van der Waals surface area contributed by atoms with Gasteiger partial charge in [-0.2, -0.15) is 0 Å². The van der Waals surface area contributed by atoms with Crippen LogP contribution in [0.1, 0.15) is 17.5 Å². The molecule has 0 saturated heterocycles. The molecule has 1 unspecified atom stereocenters. The van der Waals surface area contributed by atoms with Crippen molar-refractivity contribution < 1.29 is 9.84 Å². The normalized spacial score (nSPS) is 15.0. The number of benzene rings is 2. The maximum Gasteiger partial charge on any atom is 0.119 e. The van der Waals surface area contributed by atoms with E-state index in [0.717, 1.165) is 23.3 Å². The maximum atomic E-state index is 10.4. The summed E-state index contributed by atoms with van der Waals surface area (Å²) in [6, 6.07) is 17.1. The van der Waals surface area contributed by atoms with Crippen LogP contribution in [-0.4, -0.2) is 30.4 Å². The summed E-state index contributed by atoms with van der Waals surface area (Å²) in [6.07, 6.45) is 1.36. The van der Waals surface area contributed by atoms with Gasteiger partial charge >= 0.3 is 0 Å². The molecule has 0 aliphatic heterocycles. The number of aliphatic hydroxyl groups is 1. The molecule has 4 heteroatoms. The molecule has 0 spiro atoms. The van der Waals surface area contributed by atoms with E-state index < -0.39 is 6.10 Å². The quantitative estimate of drug-likeness (QED) is 0.695. The summed E-state index contributed by atoms with van der Waals surface area (Å²) < 4.78 is 5.21. The minimum Gasteiger partial charge on any atom is -0.497 e. The zero-order valence-electron chi connectivity index (χ0n) is 13.6. The minimum atomic E-state index is -0.721. The molecule has 0 radical (unpaired) electrons. The molecular formula is C19H26N2O2. The van der Waals surface area contributed by atoms with Crippen molar-refractivity contribution in [3.63, 3.8) is 0 Å². The molecule has 0 heterocycles. The summed E-state index contributed by atoms with van der Waals surface area (Å²) in [5.74, 6) is 0.831. The molecule has 124 valence electrons. The molecule has 0 aromatic heterocycles. The Morgan fingerprint density at radius 3 is 2.35 bits per heavy atom. The van der Waals surface area contributed by atoms with Crippen molar-refractivity contribution in [3.05, 3.63) is 65.7 Å². The Morgan fingerprint density at radius 1 is 0.957 bits per heavy atom. The second kappa shape index (κ2) is 8.67. The lowest BCUT2D eigenvalue weighted by Gasteiger charge is -2.25. The fourth-order valence-corrected chi connectivity index (χ4v) is 2.66. The summed E-state index contributed by atoms with van der Waals surface area (Å²) in [5.41, 5.74) is 14.5. The lowest BCUT2D eigenvalue weighted by atomic mass is 9.94. The topological polar surface area (TPSA) is 81.5 Å². The van der Waals surface area contributed by atoms with Gasteiger partial charge in [-0.3, -0.25) is 0 Å². The van der Waals surface area contributed by atoms with Crippen LogP contribution in [0.4, 0.5) is 0 Å². The number of hydrogen-bond donors (Lipinski definition) is 3.